The normalized spacial score (nSPS) is 13.4. The Labute approximate surface area is 149 Å². The topological polar surface area (TPSA) is 47.6 Å². The molecule has 0 aromatic heterocycles. The van der Waals surface area contributed by atoms with Gasteiger partial charge in [0.15, 0.2) is 0 Å². The van der Waals surface area contributed by atoms with Crippen LogP contribution in [-0.2, 0) is 17.8 Å². The van der Waals surface area contributed by atoms with E-state index in [2.05, 4.69) is 37.4 Å². The molecule has 1 aliphatic rings. The van der Waals surface area contributed by atoms with Gasteiger partial charge in [-0.3, -0.25) is 5.32 Å². The lowest BCUT2D eigenvalue weighted by Gasteiger charge is -2.16. The number of carbonyl (C=O) groups excluding carboxylic acids is 1. The minimum absolute atomic E-state index is 0.409. The highest BCUT2D eigenvalue weighted by molar-refractivity contribution is 5.87. The molecule has 0 atom stereocenters. The third kappa shape index (κ3) is 4.13. The van der Waals surface area contributed by atoms with Crippen molar-refractivity contribution in [3.63, 3.8) is 0 Å². The van der Waals surface area contributed by atoms with E-state index < -0.39 is 6.09 Å². The largest absolute Gasteiger partial charge is 0.489 e. The first kappa shape index (κ1) is 17.3. The van der Waals surface area contributed by atoms with Crippen LogP contribution in [0.15, 0.2) is 36.4 Å². The van der Waals surface area contributed by atoms with Crippen molar-refractivity contribution in [1.29, 1.82) is 0 Å². The zero-order valence-electron chi connectivity index (χ0n) is 15.1. The van der Waals surface area contributed by atoms with Crippen LogP contribution in [0.1, 0.15) is 47.9 Å². The summed E-state index contributed by atoms with van der Waals surface area (Å²) in [7, 11) is 1.38. The lowest BCUT2D eigenvalue weighted by Crippen LogP contribution is -2.15. The predicted octanol–water partition coefficient (Wildman–Crippen LogP) is 5.19. The molecule has 0 spiro atoms. The van der Waals surface area contributed by atoms with Gasteiger partial charge in [-0.25, -0.2) is 4.79 Å². The molecule has 0 aliphatic heterocycles. The summed E-state index contributed by atoms with van der Waals surface area (Å²) in [5.74, 6) is 1.40. The molecule has 2 aromatic rings. The van der Waals surface area contributed by atoms with Crippen LogP contribution >= 0.6 is 0 Å². The number of carbonyl (C=O) groups is 1. The van der Waals surface area contributed by atoms with E-state index >= 15 is 0 Å². The molecule has 1 saturated carbocycles. The van der Waals surface area contributed by atoms with Crippen molar-refractivity contribution in [2.75, 3.05) is 12.4 Å². The van der Waals surface area contributed by atoms with Crippen molar-refractivity contribution in [2.45, 2.75) is 45.6 Å². The van der Waals surface area contributed by atoms with E-state index in [1.165, 1.54) is 18.2 Å². The molecule has 25 heavy (non-hydrogen) atoms. The first-order valence-corrected chi connectivity index (χ1v) is 8.81. The van der Waals surface area contributed by atoms with Crippen molar-refractivity contribution in [3.05, 3.63) is 58.7 Å². The molecule has 0 heterocycles. The van der Waals surface area contributed by atoms with E-state index in [1.807, 2.05) is 18.2 Å². The van der Waals surface area contributed by atoms with E-state index in [0.717, 1.165) is 41.8 Å². The molecular formula is C21H25NO3. The van der Waals surface area contributed by atoms with Crippen molar-refractivity contribution in [3.8, 4) is 5.75 Å². The second-order valence-electron chi connectivity index (χ2n) is 6.51. The zero-order valence-corrected chi connectivity index (χ0v) is 15.1. The smallest absolute Gasteiger partial charge is 0.411 e. The van der Waals surface area contributed by atoms with Crippen LogP contribution in [0.25, 0.3) is 0 Å². The Kier molecular flexibility index (Phi) is 5.27. The van der Waals surface area contributed by atoms with Crippen molar-refractivity contribution >= 4 is 11.8 Å². The fourth-order valence-electron chi connectivity index (χ4n) is 3.03. The molecule has 0 unspecified atom stereocenters. The number of ether oxygens (including phenoxy) is 2. The van der Waals surface area contributed by atoms with Gasteiger partial charge in [-0.05, 0) is 54.9 Å². The number of hydrogen-bond acceptors (Lipinski definition) is 3. The summed E-state index contributed by atoms with van der Waals surface area (Å²) in [6, 6.07) is 12.4. The standard InChI is InChI=1S/C21H25NO3/c1-4-15-8-11-19(14(2)12-15)25-13-17-6-5-7-18(16-9-10-16)20(17)22-21(23)24-3/h5-8,11-12,16H,4,9-10,13H2,1-3H3,(H,22,23). The Morgan fingerprint density at radius 2 is 2.04 bits per heavy atom. The maximum atomic E-state index is 11.8. The van der Waals surface area contributed by atoms with Gasteiger partial charge in [0.1, 0.15) is 12.4 Å². The zero-order chi connectivity index (χ0) is 17.8. The number of benzene rings is 2. The third-order valence-electron chi connectivity index (χ3n) is 4.64. The van der Waals surface area contributed by atoms with Gasteiger partial charge in [-0.2, -0.15) is 0 Å². The van der Waals surface area contributed by atoms with E-state index in [4.69, 9.17) is 9.47 Å². The minimum Gasteiger partial charge on any atom is -0.489 e. The molecule has 1 aliphatic carbocycles. The molecule has 132 valence electrons. The summed E-state index contributed by atoms with van der Waals surface area (Å²) < 4.78 is 10.8. The van der Waals surface area contributed by atoms with E-state index in [0.29, 0.717) is 12.5 Å². The summed E-state index contributed by atoms with van der Waals surface area (Å²) in [4.78, 5) is 11.8. The van der Waals surface area contributed by atoms with Gasteiger partial charge in [-0.1, -0.05) is 37.3 Å². The summed E-state index contributed by atoms with van der Waals surface area (Å²) in [5.41, 5.74) is 5.40. The number of rotatable bonds is 6. The van der Waals surface area contributed by atoms with Crippen molar-refractivity contribution < 1.29 is 14.3 Å². The Morgan fingerprint density at radius 1 is 1.24 bits per heavy atom. The Morgan fingerprint density at radius 3 is 2.68 bits per heavy atom. The van der Waals surface area contributed by atoms with Gasteiger partial charge in [0.2, 0.25) is 0 Å². The highest BCUT2D eigenvalue weighted by atomic mass is 16.5. The summed E-state index contributed by atoms with van der Waals surface area (Å²) in [6.45, 7) is 4.61. The van der Waals surface area contributed by atoms with Crippen LogP contribution in [0, 0.1) is 6.92 Å². The van der Waals surface area contributed by atoms with Crippen LogP contribution in [0.3, 0.4) is 0 Å². The monoisotopic (exact) mass is 339 g/mol. The average molecular weight is 339 g/mol. The number of amides is 1. The highest BCUT2D eigenvalue weighted by Crippen LogP contribution is 2.44. The molecule has 0 bridgehead atoms. The Hall–Kier alpha value is -2.49. The number of hydrogen-bond donors (Lipinski definition) is 1. The SMILES string of the molecule is CCc1ccc(OCc2cccc(C3CC3)c2NC(=O)OC)c(C)c1. The van der Waals surface area contributed by atoms with Gasteiger partial charge in [0, 0.05) is 5.56 Å². The van der Waals surface area contributed by atoms with Crippen LogP contribution in [0.5, 0.6) is 5.75 Å². The summed E-state index contributed by atoms with van der Waals surface area (Å²) in [6.07, 6.45) is 2.89. The van der Waals surface area contributed by atoms with Gasteiger partial charge in [0.25, 0.3) is 0 Å². The maximum absolute atomic E-state index is 11.8. The minimum atomic E-state index is -0.446. The Bertz CT molecular complexity index is 766. The number of anilines is 1. The summed E-state index contributed by atoms with van der Waals surface area (Å²) in [5, 5.41) is 2.88. The van der Waals surface area contributed by atoms with E-state index in [9.17, 15) is 4.79 Å². The van der Waals surface area contributed by atoms with Crippen molar-refractivity contribution in [2.24, 2.45) is 0 Å². The number of methoxy groups -OCH3 is 1. The number of aryl methyl sites for hydroxylation is 2. The fourth-order valence-corrected chi connectivity index (χ4v) is 3.03. The van der Waals surface area contributed by atoms with Crippen molar-refractivity contribution in [1.82, 2.24) is 0 Å². The lowest BCUT2D eigenvalue weighted by atomic mass is 10.0. The molecule has 1 fully saturated rings. The predicted molar refractivity (Wildman–Crippen MR) is 99.3 cm³/mol. The second-order valence-corrected chi connectivity index (χ2v) is 6.51. The molecule has 4 nitrogen and oxygen atoms in total. The van der Waals surface area contributed by atoms with Crippen LogP contribution in [0.2, 0.25) is 0 Å². The molecule has 1 N–H and O–H groups in total. The highest BCUT2D eigenvalue weighted by Gasteiger charge is 2.28. The number of nitrogens with one attached hydrogen (secondary N) is 1. The molecule has 3 rings (SSSR count). The maximum Gasteiger partial charge on any atom is 0.411 e. The van der Waals surface area contributed by atoms with Gasteiger partial charge in [0.05, 0.1) is 12.8 Å². The Balaban J connectivity index is 1.81. The van der Waals surface area contributed by atoms with Crippen LogP contribution in [-0.4, -0.2) is 13.2 Å². The molecule has 2 aromatic carbocycles. The van der Waals surface area contributed by atoms with Gasteiger partial charge >= 0.3 is 6.09 Å². The van der Waals surface area contributed by atoms with Gasteiger partial charge < -0.3 is 9.47 Å². The molecular weight excluding hydrogens is 314 g/mol. The molecule has 1 amide bonds. The van der Waals surface area contributed by atoms with Crippen LogP contribution < -0.4 is 10.1 Å². The third-order valence-corrected chi connectivity index (χ3v) is 4.64. The van der Waals surface area contributed by atoms with E-state index in [1.54, 1.807) is 0 Å². The lowest BCUT2D eigenvalue weighted by molar-refractivity contribution is 0.187. The number of para-hydroxylation sites is 1. The van der Waals surface area contributed by atoms with Crippen LogP contribution in [0.4, 0.5) is 10.5 Å². The first-order chi connectivity index (χ1) is 12.1. The van der Waals surface area contributed by atoms with Gasteiger partial charge in [-0.15, -0.1) is 0 Å². The molecule has 4 heteroatoms. The average Bonchev–Trinajstić information content (AvgIpc) is 3.46. The molecule has 0 radical (unpaired) electrons. The quantitative estimate of drug-likeness (QED) is 0.787. The summed E-state index contributed by atoms with van der Waals surface area (Å²) >= 11 is 0. The first-order valence-electron chi connectivity index (χ1n) is 8.81. The molecule has 0 saturated heterocycles. The second kappa shape index (κ2) is 7.60. The van der Waals surface area contributed by atoms with E-state index in [-0.39, 0.29) is 0 Å². The fraction of sp³-hybridized carbons (Fsp3) is 0.381.